The second kappa shape index (κ2) is 9.55. The molecule has 0 radical (unpaired) electrons. The highest BCUT2D eigenvalue weighted by molar-refractivity contribution is 8.00. The first-order chi connectivity index (χ1) is 16.6. The molecule has 2 heterocycles. The van der Waals surface area contributed by atoms with Gasteiger partial charge in [0.15, 0.2) is 5.16 Å². The van der Waals surface area contributed by atoms with Gasteiger partial charge in [0.05, 0.1) is 10.9 Å². The third-order valence-corrected chi connectivity index (χ3v) is 6.96. The first-order valence-corrected chi connectivity index (χ1v) is 12.0. The number of nitrogens with zero attached hydrogens (tertiary/aromatic N) is 4. The standard InChI is InChI=1S/C24H24FN5O3S/c1-33-14-4-13-29-22(32)18-5-2-3-6-19(18)30-23(29)27-28-24(30)34-20(21(31)26-17-11-12-17)15-7-9-16(25)10-8-15/h2-3,5-10,17,20H,4,11-14H2,1H3,(H,26,31). The summed E-state index contributed by atoms with van der Waals surface area (Å²) in [6.07, 6.45) is 2.55. The zero-order valence-electron chi connectivity index (χ0n) is 18.6. The molecule has 1 unspecified atom stereocenters. The fraction of sp³-hybridized carbons (Fsp3) is 0.333. The molecular weight excluding hydrogens is 457 g/mol. The monoisotopic (exact) mass is 481 g/mol. The Morgan fingerprint density at radius 3 is 2.71 bits per heavy atom. The number of aryl methyl sites for hydroxylation is 1. The molecule has 0 spiro atoms. The molecule has 0 aliphatic heterocycles. The van der Waals surface area contributed by atoms with Crippen molar-refractivity contribution in [3.8, 4) is 0 Å². The number of carbonyl (C=O) groups is 1. The highest BCUT2D eigenvalue weighted by Gasteiger charge is 2.31. The number of hydrogen-bond donors (Lipinski definition) is 1. The van der Waals surface area contributed by atoms with E-state index < -0.39 is 5.25 Å². The molecule has 1 fully saturated rings. The first-order valence-electron chi connectivity index (χ1n) is 11.1. The van der Waals surface area contributed by atoms with Gasteiger partial charge in [0, 0.05) is 26.3 Å². The fourth-order valence-electron chi connectivity index (χ4n) is 3.90. The van der Waals surface area contributed by atoms with Crippen molar-refractivity contribution in [3.05, 3.63) is 70.3 Å². The maximum absolute atomic E-state index is 13.6. The minimum atomic E-state index is -0.652. The predicted molar refractivity (Wildman–Crippen MR) is 127 cm³/mol. The molecule has 1 amide bonds. The molecular formula is C24H24FN5O3S. The van der Waals surface area contributed by atoms with E-state index in [4.69, 9.17) is 4.74 Å². The van der Waals surface area contributed by atoms with E-state index in [1.807, 2.05) is 22.6 Å². The van der Waals surface area contributed by atoms with Crippen LogP contribution in [0.5, 0.6) is 0 Å². The molecule has 8 nitrogen and oxygen atoms in total. The Labute approximate surface area is 199 Å². The first kappa shape index (κ1) is 22.5. The SMILES string of the molecule is COCCCn1c(=O)c2ccccc2n2c(SC(C(=O)NC3CC3)c3ccc(F)cc3)nnc12. The average molecular weight is 482 g/mol. The lowest BCUT2D eigenvalue weighted by Gasteiger charge is -2.17. The van der Waals surface area contributed by atoms with Crippen molar-refractivity contribution in [1.29, 1.82) is 0 Å². The number of fused-ring (bicyclic) bond motifs is 3. The van der Waals surface area contributed by atoms with Crippen LogP contribution < -0.4 is 10.9 Å². The lowest BCUT2D eigenvalue weighted by molar-refractivity contribution is -0.120. The number of thioether (sulfide) groups is 1. The summed E-state index contributed by atoms with van der Waals surface area (Å²) in [6.45, 7) is 0.933. The second-order valence-corrected chi connectivity index (χ2v) is 9.34. The zero-order valence-corrected chi connectivity index (χ0v) is 19.4. The van der Waals surface area contributed by atoms with Crippen LogP contribution in [0.25, 0.3) is 16.7 Å². The molecule has 1 saturated carbocycles. The van der Waals surface area contributed by atoms with E-state index in [-0.39, 0.29) is 23.3 Å². The molecule has 10 heteroatoms. The van der Waals surface area contributed by atoms with Crippen molar-refractivity contribution in [2.45, 2.75) is 42.3 Å². The summed E-state index contributed by atoms with van der Waals surface area (Å²) < 4.78 is 22.1. The van der Waals surface area contributed by atoms with Gasteiger partial charge in [-0.3, -0.25) is 18.6 Å². The Morgan fingerprint density at radius 1 is 1.21 bits per heavy atom. The number of halogens is 1. The minimum Gasteiger partial charge on any atom is -0.385 e. The summed E-state index contributed by atoms with van der Waals surface area (Å²) in [5, 5.41) is 12.1. The topological polar surface area (TPSA) is 90.5 Å². The van der Waals surface area contributed by atoms with Crippen molar-refractivity contribution >= 4 is 34.3 Å². The molecule has 1 N–H and O–H groups in total. The number of aromatic nitrogens is 4. The molecule has 2 aromatic carbocycles. The van der Waals surface area contributed by atoms with E-state index in [0.29, 0.717) is 47.0 Å². The highest BCUT2D eigenvalue weighted by Crippen LogP contribution is 2.36. The van der Waals surface area contributed by atoms with E-state index in [9.17, 15) is 14.0 Å². The van der Waals surface area contributed by atoms with Crippen LogP contribution in [-0.4, -0.2) is 44.8 Å². The number of para-hydroxylation sites is 1. The van der Waals surface area contributed by atoms with Crippen molar-refractivity contribution in [1.82, 2.24) is 24.5 Å². The van der Waals surface area contributed by atoms with Crippen molar-refractivity contribution in [2.75, 3.05) is 13.7 Å². The van der Waals surface area contributed by atoms with Crippen LogP contribution in [0.3, 0.4) is 0 Å². The van der Waals surface area contributed by atoms with Crippen LogP contribution in [0.15, 0.2) is 58.5 Å². The smallest absolute Gasteiger partial charge is 0.262 e. The largest absolute Gasteiger partial charge is 0.385 e. The van der Waals surface area contributed by atoms with Gasteiger partial charge < -0.3 is 10.1 Å². The summed E-state index contributed by atoms with van der Waals surface area (Å²) in [5.41, 5.74) is 1.18. The maximum atomic E-state index is 13.6. The number of hydrogen-bond acceptors (Lipinski definition) is 6. The van der Waals surface area contributed by atoms with Crippen LogP contribution in [0.4, 0.5) is 4.39 Å². The molecule has 0 bridgehead atoms. The molecule has 1 aliphatic carbocycles. The van der Waals surface area contributed by atoms with Gasteiger partial charge in [0.25, 0.3) is 5.56 Å². The average Bonchev–Trinajstić information content (AvgIpc) is 3.56. The Hall–Kier alpha value is -3.24. The third kappa shape index (κ3) is 4.43. The normalized spacial score (nSPS) is 14.5. The number of carbonyl (C=O) groups excluding carboxylic acids is 1. The van der Waals surface area contributed by atoms with E-state index in [1.165, 1.54) is 23.9 Å². The van der Waals surface area contributed by atoms with Gasteiger partial charge in [-0.1, -0.05) is 36.0 Å². The van der Waals surface area contributed by atoms with Gasteiger partial charge in [0.1, 0.15) is 11.1 Å². The fourth-order valence-corrected chi connectivity index (χ4v) is 4.95. The molecule has 1 atom stereocenters. The molecule has 0 saturated heterocycles. The Balaban J connectivity index is 1.61. The molecule has 5 rings (SSSR count). The van der Waals surface area contributed by atoms with E-state index in [2.05, 4.69) is 15.5 Å². The van der Waals surface area contributed by atoms with Crippen LogP contribution >= 0.6 is 11.8 Å². The Morgan fingerprint density at radius 2 is 1.97 bits per heavy atom. The Kier molecular flexibility index (Phi) is 6.34. The maximum Gasteiger partial charge on any atom is 0.262 e. The second-order valence-electron chi connectivity index (χ2n) is 8.27. The number of rotatable bonds is 9. The van der Waals surface area contributed by atoms with Crippen LogP contribution in [-0.2, 0) is 16.1 Å². The number of amides is 1. The quantitative estimate of drug-likeness (QED) is 0.291. The molecule has 176 valence electrons. The number of nitrogens with one attached hydrogen (secondary N) is 1. The number of methoxy groups -OCH3 is 1. The lowest BCUT2D eigenvalue weighted by Crippen LogP contribution is -2.30. The van der Waals surface area contributed by atoms with Gasteiger partial charge in [0.2, 0.25) is 11.7 Å². The molecule has 2 aromatic heterocycles. The van der Waals surface area contributed by atoms with Gasteiger partial charge in [-0.15, -0.1) is 10.2 Å². The van der Waals surface area contributed by atoms with Gasteiger partial charge in [-0.25, -0.2) is 4.39 Å². The molecule has 34 heavy (non-hydrogen) atoms. The van der Waals surface area contributed by atoms with E-state index in [1.54, 1.807) is 29.9 Å². The Bertz CT molecular complexity index is 1400. The third-order valence-electron chi connectivity index (χ3n) is 5.77. The summed E-state index contributed by atoms with van der Waals surface area (Å²) in [6, 6.07) is 13.4. The zero-order chi connectivity index (χ0) is 23.7. The molecule has 1 aliphatic rings. The summed E-state index contributed by atoms with van der Waals surface area (Å²) in [4.78, 5) is 26.3. The van der Waals surface area contributed by atoms with E-state index >= 15 is 0 Å². The minimum absolute atomic E-state index is 0.148. The summed E-state index contributed by atoms with van der Waals surface area (Å²) in [7, 11) is 1.62. The predicted octanol–water partition coefficient (Wildman–Crippen LogP) is 3.33. The van der Waals surface area contributed by atoms with Gasteiger partial charge in [-0.05, 0) is 49.1 Å². The highest BCUT2D eigenvalue weighted by atomic mass is 32.2. The lowest BCUT2D eigenvalue weighted by atomic mass is 10.1. The van der Waals surface area contributed by atoms with Crippen LogP contribution in [0.2, 0.25) is 0 Å². The van der Waals surface area contributed by atoms with Crippen molar-refractivity contribution in [3.63, 3.8) is 0 Å². The number of ether oxygens (including phenoxy) is 1. The van der Waals surface area contributed by atoms with E-state index in [0.717, 1.165) is 12.8 Å². The van der Waals surface area contributed by atoms with Crippen LogP contribution in [0, 0.1) is 5.82 Å². The molecule has 4 aromatic rings. The van der Waals surface area contributed by atoms with Crippen molar-refractivity contribution < 1.29 is 13.9 Å². The van der Waals surface area contributed by atoms with Gasteiger partial charge >= 0.3 is 0 Å². The van der Waals surface area contributed by atoms with Gasteiger partial charge in [-0.2, -0.15) is 0 Å². The summed E-state index contributed by atoms with van der Waals surface area (Å²) in [5.74, 6) is -0.120. The number of benzene rings is 2. The van der Waals surface area contributed by atoms with Crippen molar-refractivity contribution in [2.24, 2.45) is 0 Å². The summed E-state index contributed by atoms with van der Waals surface area (Å²) >= 11 is 1.23. The van der Waals surface area contributed by atoms with Crippen LogP contribution in [0.1, 0.15) is 30.1 Å².